The van der Waals surface area contributed by atoms with E-state index < -0.39 is 5.41 Å². The van der Waals surface area contributed by atoms with Gasteiger partial charge in [-0.2, -0.15) is 0 Å². The largest absolute Gasteiger partial charge is 0.393 e. The minimum Gasteiger partial charge on any atom is -0.393 e. The average molecular weight is 324 g/mol. The number of nitrogens with one attached hydrogen (secondary N) is 1. The lowest BCUT2D eigenvalue weighted by molar-refractivity contribution is -0.127. The first-order valence-electron chi connectivity index (χ1n) is 8.44. The molecule has 0 bridgehead atoms. The molecule has 1 fully saturated rings. The van der Waals surface area contributed by atoms with Crippen LogP contribution in [0.4, 0.5) is 0 Å². The van der Waals surface area contributed by atoms with Crippen molar-refractivity contribution in [1.82, 2.24) is 10.3 Å². The maximum absolute atomic E-state index is 13.0. The Morgan fingerprint density at radius 2 is 1.83 bits per heavy atom. The molecule has 1 saturated carbocycles. The van der Waals surface area contributed by atoms with Crippen molar-refractivity contribution in [3.05, 3.63) is 66.0 Å². The number of carbonyl (C=O) groups excluding carboxylic acids is 1. The van der Waals surface area contributed by atoms with E-state index in [9.17, 15) is 9.90 Å². The van der Waals surface area contributed by atoms with Gasteiger partial charge < -0.3 is 10.4 Å². The van der Waals surface area contributed by atoms with Crippen LogP contribution in [0.1, 0.15) is 44.0 Å². The van der Waals surface area contributed by atoms with Gasteiger partial charge in [-0.25, -0.2) is 0 Å². The van der Waals surface area contributed by atoms with Crippen LogP contribution in [0.15, 0.2) is 54.7 Å². The SMILES string of the molecule is CC(C)(C(=O)N[C@@H](c1ccccn1)C1CC(O)C1)c1ccccc1. The monoisotopic (exact) mass is 324 g/mol. The van der Waals surface area contributed by atoms with Crippen LogP contribution in [0, 0.1) is 5.92 Å². The number of aromatic nitrogens is 1. The van der Waals surface area contributed by atoms with Crippen LogP contribution in [0.25, 0.3) is 0 Å². The zero-order valence-electron chi connectivity index (χ0n) is 14.1. The Bertz CT molecular complexity index is 679. The highest BCUT2D eigenvalue weighted by molar-refractivity contribution is 5.87. The van der Waals surface area contributed by atoms with Crippen LogP contribution in [-0.2, 0) is 10.2 Å². The van der Waals surface area contributed by atoms with E-state index in [1.165, 1.54) is 0 Å². The summed E-state index contributed by atoms with van der Waals surface area (Å²) in [5.41, 5.74) is 1.21. The van der Waals surface area contributed by atoms with Gasteiger partial charge in [-0.05, 0) is 50.3 Å². The average Bonchev–Trinajstić information content (AvgIpc) is 2.58. The third kappa shape index (κ3) is 3.34. The van der Waals surface area contributed by atoms with E-state index in [1.807, 2.05) is 62.4 Å². The van der Waals surface area contributed by atoms with Crippen LogP contribution in [-0.4, -0.2) is 22.1 Å². The van der Waals surface area contributed by atoms with Crippen LogP contribution in [0.3, 0.4) is 0 Å². The van der Waals surface area contributed by atoms with E-state index in [-0.39, 0.29) is 24.0 Å². The molecule has 2 N–H and O–H groups in total. The summed E-state index contributed by atoms with van der Waals surface area (Å²) in [4.78, 5) is 17.4. The van der Waals surface area contributed by atoms with Crippen molar-refractivity contribution in [2.45, 2.75) is 44.2 Å². The number of carbonyl (C=O) groups is 1. The number of hydrogen-bond acceptors (Lipinski definition) is 3. The van der Waals surface area contributed by atoms with Gasteiger partial charge in [0.15, 0.2) is 0 Å². The Morgan fingerprint density at radius 3 is 2.42 bits per heavy atom. The fourth-order valence-electron chi connectivity index (χ4n) is 3.20. The van der Waals surface area contributed by atoms with Gasteiger partial charge in [-0.1, -0.05) is 36.4 Å². The molecule has 1 aromatic carbocycles. The Labute approximate surface area is 142 Å². The van der Waals surface area contributed by atoms with Gasteiger partial charge >= 0.3 is 0 Å². The summed E-state index contributed by atoms with van der Waals surface area (Å²) >= 11 is 0. The maximum Gasteiger partial charge on any atom is 0.230 e. The molecule has 4 heteroatoms. The predicted octanol–water partition coefficient (Wildman–Crippen LogP) is 2.99. The lowest BCUT2D eigenvalue weighted by Gasteiger charge is -2.39. The lowest BCUT2D eigenvalue weighted by Crippen LogP contribution is -2.47. The Hall–Kier alpha value is -2.20. The molecule has 0 saturated heterocycles. The highest BCUT2D eigenvalue weighted by atomic mass is 16.3. The van der Waals surface area contributed by atoms with Crippen molar-refractivity contribution < 1.29 is 9.90 Å². The molecule has 24 heavy (non-hydrogen) atoms. The fraction of sp³-hybridized carbons (Fsp3) is 0.400. The van der Waals surface area contributed by atoms with E-state index in [4.69, 9.17) is 0 Å². The summed E-state index contributed by atoms with van der Waals surface area (Å²) in [5.74, 6) is 0.205. The minimum absolute atomic E-state index is 0.0225. The van der Waals surface area contributed by atoms with Crippen molar-refractivity contribution in [3.63, 3.8) is 0 Å². The van der Waals surface area contributed by atoms with Crippen molar-refractivity contribution in [2.75, 3.05) is 0 Å². The van der Waals surface area contributed by atoms with Crippen LogP contribution in [0.5, 0.6) is 0 Å². The number of amides is 1. The number of pyridine rings is 1. The highest BCUT2D eigenvalue weighted by Gasteiger charge is 2.39. The molecule has 0 spiro atoms. The Balaban J connectivity index is 1.81. The molecule has 0 radical (unpaired) electrons. The summed E-state index contributed by atoms with van der Waals surface area (Å²) in [6.45, 7) is 3.87. The zero-order chi connectivity index (χ0) is 17.2. The second-order valence-electron chi connectivity index (χ2n) is 7.08. The first kappa shape index (κ1) is 16.7. The second-order valence-corrected chi connectivity index (χ2v) is 7.08. The maximum atomic E-state index is 13.0. The normalized spacial score (nSPS) is 21.6. The van der Waals surface area contributed by atoms with Gasteiger partial charge in [0, 0.05) is 6.20 Å². The number of aliphatic hydroxyl groups excluding tert-OH is 1. The first-order valence-corrected chi connectivity index (χ1v) is 8.44. The molecular formula is C20H24N2O2. The number of benzene rings is 1. The molecule has 1 heterocycles. The van der Waals surface area contributed by atoms with E-state index in [0.717, 1.165) is 11.3 Å². The van der Waals surface area contributed by atoms with Crippen molar-refractivity contribution in [2.24, 2.45) is 5.92 Å². The first-order chi connectivity index (χ1) is 11.5. The van der Waals surface area contributed by atoms with Crippen molar-refractivity contribution in [3.8, 4) is 0 Å². The topological polar surface area (TPSA) is 62.2 Å². The quantitative estimate of drug-likeness (QED) is 0.889. The van der Waals surface area contributed by atoms with Gasteiger partial charge in [0.25, 0.3) is 0 Å². The summed E-state index contributed by atoms with van der Waals surface area (Å²) in [6.07, 6.45) is 2.88. The Kier molecular flexibility index (Phi) is 4.67. The summed E-state index contributed by atoms with van der Waals surface area (Å²) in [5, 5.41) is 12.8. The molecule has 3 rings (SSSR count). The molecule has 2 aromatic rings. The molecule has 4 nitrogen and oxygen atoms in total. The van der Waals surface area contributed by atoms with Crippen molar-refractivity contribution >= 4 is 5.91 Å². The number of nitrogens with zero attached hydrogens (tertiary/aromatic N) is 1. The predicted molar refractivity (Wildman–Crippen MR) is 93.3 cm³/mol. The highest BCUT2D eigenvalue weighted by Crippen LogP contribution is 2.38. The molecule has 1 aromatic heterocycles. The minimum atomic E-state index is -0.628. The molecule has 126 valence electrons. The van der Waals surface area contributed by atoms with E-state index in [0.29, 0.717) is 12.8 Å². The van der Waals surface area contributed by atoms with Crippen LogP contribution >= 0.6 is 0 Å². The van der Waals surface area contributed by atoms with E-state index >= 15 is 0 Å². The molecule has 1 atom stereocenters. The lowest BCUT2D eigenvalue weighted by atomic mass is 9.75. The van der Waals surface area contributed by atoms with E-state index in [1.54, 1.807) is 6.20 Å². The fourth-order valence-corrected chi connectivity index (χ4v) is 3.20. The molecule has 0 unspecified atom stereocenters. The number of aliphatic hydroxyl groups is 1. The Morgan fingerprint density at radius 1 is 1.17 bits per heavy atom. The third-order valence-electron chi connectivity index (χ3n) is 4.98. The summed E-state index contributed by atoms with van der Waals surface area (Å²) in [6, 6.07) is 15.4. The van der Waals surface area contributed by atoms with Crippen molar-refractivity contribution in [1.29, 1.82) is 0 Å². The van der Waals surface area contributed by atoms with Gasteiger partial charge in [0.05, 0.1) is 23.3 Å². The number of hydrogen-bond donors (Lipinski definition) is 2. The van der Waals surface area contributed by atoms with Gasteiger partial charge in [0.1, 0.15) is 0 Å². The smallest absolute Gasteiger partial charge is 0.230 e. The molecule has 0 aliphatic heterocycles. The van der Waals surface area contributed by atoms with Crippen LogP contribution < -0.4 is 5.32 Å². The molecular weight excluding hydrogens is 300 g/mol. The third-order valence-corrected chi connectivity index (χ3v) is 4.98. The second kappa shape index (κ2) is 6.73. The van der Waals surface area contributed by atoms with Gasteiger partial charge in [-0.3, -0.25) is 9.78 Å². The molecule has 1 aliphatic rings. The standard InChI is InChI=1S/C20H24N2O2/c1-20(2,15-8-4-3-5-9-15)19(24)22-18(14-12-16(23)13-14)17-10-6-7-11-21-17/h3-11,14,16,18,23H,12-13H2,1-2H3,(H,22,24)/t14?,16?,18-/m1/s1. The number of rotatable bonds is 5. The summed E-state index contributed by atoms with van der Waals surface area (Å²) in [7, 11) is 0. The van der Waals surface area contributed by atoms with Gasteiger partial charge in [-0.15, -0.1) is 0 Å². The van der Waals surface area contributed by atoms with E-state index in [2.05, 4.69) is 10.3 Å². The molecule has 1 aliphatic carbocycles. The van der Waals surface area contributed by atoms with Crippen LogP contribution in [0.2, 0.25) is 0 Å². The summed E-state index contributed by atoms with van der Waals surface area (Å²) < 4.78 is 0. The van der Waals surface area contributed by atoms with Gasteiger partial charge in [0.2, 0.25) is 5.91 Å². The zero-order valence-corrected chi connectivity index (χ0v) is 14.1. The molecule has 1 amide bonds.